The van der Waals surface area contributed by atoms with E-state index in [1.807, 2.05) is 6.92 Å². The molecule has 4 heteroatoms. The van der Waals surface area contributed by atoms with Gasteiger partial charge >= 0.3 is 0 Å². The Morgan fingerprint density at radius 2 is 1.81 bits per heavy atom. The maximum atomic E-state index is 11.6. The molecule has 0 aromatic carbocycles. The maximum absolute atomic E-state index is 11.6. The second-order valence-corrected chi connectivity index (χ2v) is 4.51. The van der Waals surface area contributed by atoms with Crippen molar-refractivity contribution in [3.05, 3.63) is 0 Å². The first-order valence-corrected chi connectivity index (χ1v) is 5.82. The van der Waals surface area contributed by atoms with Crippen molar-refractivity contribution in [3.8, 4) is 0 Å². The van der Waals surface area contributed by atoms with E-state index in [-0.39, 0.29) is 17.7 Å². The Morgan fingerprint density at radius 1 is 1.25 bits per heavy atom. The van der Waals surface area contributed by atoms with Crippen LogP contribution in [0.15, 0.2) is 0 Å². The molecule has 0 saturated carbocycles. The lowest BCUT2D eigenvalue weighted by Gasteiger charge is -2.28. The molecule has 0 radical (unpaired) electrons. The van der Waals surface area contributed by atoms with Crippen LogP contribution in [0.4, 0.5) is 0 Å². The van der Waals surface area contributed by atoms with Crippen LogP contribution in [0.25, 0.3) is 0 Å². The third kappa shape index (κ3) is 5.85. The molecule has 1 amide bonds. The second kappa shape index (κ2) is 7.39. The van der Waals surface area contributed by atoms with E-state index in [9.17, 15) is 9.59 Å². The molecular weight excluding hydrogens is 204 g/mol. The number of nitrogens with zero attached hydrogens (tertiary/aromatic N) is 2. The van der Waals surface area contributed by atoms with E-state index in [2.05, 4.69) is 11.8 Å². The van der Waals surface area contributed by atoms with Crippen molar-refractivity contribution < 1.29 is 9.59 Å². The van der Waals surface area contributed by atoms with Crippen molar-refractivity contribution in [2.24, 2.45) is 0 Å². The van der Waals surface area contributed by atoms with Gasteiger partial charge in [0.1, 0.15) is 5.78 Å². The van der Waals surface area contributed by atoms with Crippen molar-refractivity contribution in [1.29, 1.82) is 0 Å². The first-order chi connectivity index (χ1) is 7.38. The SMILES string of the molecule is CCCN(CC(=O)N(C)C)C(C)CC(C)=O. The van der Waals surface area contributed by atoms with Crippen LogP contribution in [0.1, 0.15) is 33.6 Å². The highest BCUT2D eigenvalue weighted by molar-refractivity contribution is 5.78. The molecule has 4 nitrogen and oxygen atoms in total. The number of carbonyl (C=O) groups excluding carboxylic acids is 2. The number of amides is 1. The van der Waals surface area contributed by atoms with E-state index in [4.69, 9.17) is 0 Å². The molecule has 0 aliphatic heterocycles. The van der Waals surface area contributed by atoms with Gasteiger partial charge in [-0.25, -0.2) is 0 Å². The highest BCUT2D eigenvalue weighted by Crippen LogP contribution is 2.06. The average Bonchev–Trinajstić information content (AvgIpc) is 2.15. The summed E-state index contributed by atoms with van der Waals surface area (Å²) in [6.07, 6.45) is 1.50. The minimum atomic E-state index is 0.0869. The number of likely N-dealkylation sites (N-methyl/N-ethyl adjacent to an activating group) is 1. The molecule has 16 heavy (non-hydrogen) atoms. The second-order valence-electron chi connectivity index (χ2n) is 4.51. The molecular formula is C12H24N2O2. The zero-order valence-electron chi connectivity index (χ0n) is 11.1. The van der Waals surface area contributed by atoms with E-state index in [0.29, 0.717) is 13.0 Å². The summed E-state index contributed by atoms with van der Waals surface area (Å²) in [5, 5.41) is 0. The van der Waals surface area contributed by atoms with Crippen molar-refractivity contribution in [2.45, 2.75) is 39.7 Å². The number of Topliss-reactive ketones (excluding diaryl/α,β-unsaturated/α-hetero) is 1. The van der Waals surface area contributed by atoms with Gasteiger partial charge < -0.3 is 4.90 Å². The predicted molar refractivity (Wildman–Crippen MR) is 65.3 cm³/mol. The topological polar surface area (TPSA) is 40.6 Å². The Kier molecular flexibility index (Phi) is 6.97. The van der Waals surface area contributed by atoms with Gasteiger partial charge in [-0.05, 0) is 26.8 Å². The molecule has 0 spiro atoms. The quantitative estimate of drug-likeness (QED) is 0.656. The summed E-state index contributed by atoms with van der Waals surface area (Å²) in [5.41, 5.74) is 0. The van der Waals surface area contributed by atoms with E-state index < -0.39 is 0 Å². The van der Waals surface area contributed by atoms with Crippen LogP contribution in [0.2, 0.25) is 0 Å². The van der Waals surface area contributed by atoms with Crippen molar-refractivity contribution in [3.63, 3.8) is 0 Å². The minimum Gasteiger partial charge on any atom is -0.348 e. The summed E-state index contributed by atoms with van der Waals surface area (Å²) in [5.74, 6) is 0.259. The zero-order chi connectivity index (χ0) is 12.7. The molecule has 0 bridgehead atoms. The van der Waals surface area contributed by atoms with E-state index in [1.165, 1.54) is 0 Å². The number of rotatable bonds is 7. The molecule has 0 fully saturated rings. The molecule has 1 unspecified atom stereocenters. The third-order valence-corrected chi connectivity index (χ3v) is 2.55. The Morgan fingerprint density at radius 3 is 2.19 bits per heavy atom. The normalized spacial score (nSPS) is 12.6. The van der Waals surface area contributed by atoms with Crippen LogP contribution in [0.5, 0.6) is 0 Å². The number of hydrogen-bond acceptors (Lipinski definition) is 3. The van der Waals surface area contributed by atoms with Crippen LogP contribution in [-0.2, 0) is 9.59 Å². The average molecular weight is 228 g/mol. The molecule has 0 aliphatic carbocycles. The van der Waals surface area contributed by atoms with Crippen LogP contribution in [0.3, 0.4) is 0 Å². The van der Waals surface area contributed by atoms with E-state index in [1.54, 1.807) is 25.9 Å². The molecule has 0 saturated heterocycles. The molecule has 0 rings (SSSR count). The van der Waals surface area contributed by atoms with Crippen LogP contribution in [0, 0.1) is 0 Å². The van der Waals surface area contributed by atoms with Gasteiger partial charge in [0.05, 0.1) is 6.54 Å². The number of hydrogen-bond donors (Lipinski definition) is 0. The molecule has 0 N–H and O–H groups in total. The van der Waals surface area contributed by atoms with E-state index >= 15 is 0 Å². The Labute approximate surface area is 98.6 Å². The Balaban J connectivity index is 4.35. The highest BCUT2D eigenvalue weighted by Gasteiger charge is 2.18. The molecule has 1 atom stereocenters. The van der Waals surface area contributed by atoms with Gasteiger partial charge in [-0.15, -0.1) is 0 Å². The van der Waals surface area contributed by atoms with Gasteiger partial charge in [-0.3, -0.25) is 14.5 Å². The highest BCUT2D eigenvalue weighted by atomic mass is 16.2. The largest absolute Gasteiger partial charge is 0.348 e. The zero-order valence-corrected chi connectivity index (χ0v) is 11.1. The molecule has 94 valence electrons. The van der Waals surface area contributed by atoms with Crippen molar-refractivity contribution >= 4 is 11.7 Å². The lowest BCUT2D eigenvalue weighted by Crippen LogP contribution is -2.42. The fourth-order valence-electron chi connectivity index (χ4n) is 1.60. The van der Waals surface area contributed by atoms with Crippen molar-refractivity contribution in [2.75, 3.05) is 27.2 Å². The van der Waals surface area contributed by atoms with Crippen LogP contribution in [-0.4, -0.2) is 54.7 Å². The molecule has 0 heterocycles. The fourth-order valence-corrected chi connectivity index (χ4v) is 1.60. The van der Waals surface area contributed by atoms with Crippen molar-refractivity contribution in [1.82, 2.24) is 9.80 Å². The van der Waals surface area contributed by atoms with E-state index in [0.717, 1.165) is 13.0 Å². The fraction of sp³-hybridized carbons (Fsp3) is 0.833. The summed E-state index contributed by atoms with van der Waals surface area (Å²) >= 11 is 0. The third-order valence-electron chi connectivity index (χ3n) is 2.55. The lowest BCUT2D eigenvalue weighted by atomic mass is 10.1. The smallest absolute Gasteiger partial charge is 0.236 e. The van der Waals surface area contributed by atoms with Crippen LogP contribution >= 0.6 is 0 Å². The van der Waals surface area contributed by atoms with Gasteiger partial charge in [0.15, 0.2) is 0 Å². The molecule has 0 aliphatic rings. The summed E-state index contributed by atoms with van der Waals surface area (Å²) in [6, 6.07) is 0.140. The first kappa shape index (κ1) is 15.1. The minimum absolute atomic E-state index is 0.0869. The summed E-state index contributed by atoms with van der Waals surface area (Å²) in [6.45, 7) is 6.92. The first-order valence-electron chi connectivity index (χ1n) is 5.82. The summed E-state index contributed by atoms with van der Waals surface area (Å²) < 4.78 is 0. The predicted octanol–water partition coefficient (Wildman–Crippen LogP) is 1.15. The van der Waals surface area contributed by atoms with Gasteiger partial charge in [0.2, 0.25) is 5.91 Å². The van der Waals surface area contributed by atoms with Gasteiger partial charge in [0, 0.05) is 26.6 Å². The van der Waals surface area contributed by atoms with Gasteiger partial charge in [-0.1, -0.05) is 6.92 Å². The lowest BCUT2D eigenvalue weighted by molar-refractivity contribution is -0.131. The number of carbonyl (C=O) groups is 2. The maximum Gasteiger partial charge on any atom is 0.236 e. The van der Waals surface area contributed by atoms with Crippen LogP contribution < -0.4 is 0 Å². The van der Waals surface area contributed by atoms with Gasteiger partial charge in [-0.2, -0.15) is 0 Å². The molecule has 0 aromatic heterocycles. The summed E-state index contributed by atoms with van der Waals surface area (Å²) in [4.78, 5) is 26.3. The van der Waals surface area contributed by atoms with Gasteiger partial charge in [0.25, 0.3) is 0 Å². The Bertz CT molecular complexity index is 239. The summed E-state index contributed by atoms with van der Waals surface area (Å²) in [7, 11) is 3.50. The Hall–Kier alpha value is -0.900. The molecule has 0 aromatic rings. The number of ketones is 1. The standard InChI is InChI=1S/C12H24N2O2/c1-6-7-14(9-12(16)13(4)5)10(2)8-11(3)15/h10H,6-9H2,1-5H3. The monoisotopic (exact) mass is 228 g/mol.